The van der Waals surface area contributed by atoms with E-state index in [2.05, 4.69) is 0 Å². The molecule has 1 N–H and O–H groups in total. The smallest absolute Gasteiger partial charge is 0.153 e. The zero-order chi connectivity index (χ0) is 8.97. The van der Waals surface area contributed by atoms with Crippen LogP contribution in [0.2, 0.25) is 0 Å². The van der Waals surface area contributed by atoms with Gasteiger partial charge in [-0.05, 0) is 25.1 Å². The highest BCUT2D eigenvalue weighted by Crippen LogP contribution is 2.20. The first-order valence-electron chi connectivity index (χ1n) is 3.69. The third-order valence-corrected chi connectivity index (χ3v) is 1.44. The Bertz CT molecular complexity index is 281. The molecule has 3 heteroatoms. The maximum absolute atomic E-state index is 10.4. The monoisotopic (exact) mass is 166 g/mol. The second-order valence-corrected chi connectivity index (χ2v) is 2.27. The Kier molecular flexibility index (Phi) is 2.69. The Balaban J connectivity index is 2.96. The number of carbonyl (C=O) groups is 1. The van der Waals surface area contributed by atoms with E-state index in [9.17, 15) is 4.79 Å². The summed E-state index contributed by atoms with van der Waals surface area (Å²) in [6, 6.07) is 4.56. The van der Waals surface area contributed by atoms with E-state index < -0.39 is 0 Å². The number of aldehydes is 1. The molecule has 1 aromatic rings. The molecule has 0 heterocycles. The second-order valence-electron chi connectivity index (χ2n) is 2.27. The maximum atomic E-state index is 10.4. The molecule has 0 amide bonds. The Hall–Kier alpha value is -1.51. The maximum Gasteiger partial charge on any atom is 0.153 e. The highest BCUT2D eigenvalue weighted by molar-refractivity contribution is 5.79. The van der Waals surface area contributed by atoms with Crippen LogP contribution in [0.5, 0.6) is 11.5 Å². The summed E-state index contributed by atoms with van der Waals surface area (Å²) in [5, 5.41) is 9.12. The molecule has 0 aromatic heterocycles. The topological polar surface area (TPSA) is 46.5 Å². The van der Waals surface area contributed by atoms with Crippen LogP contribution in [0.3, 0.4) is 0 Å². The van der Waals surface area contributed by atoms with Gasteiger partial charge in [-0.1, -0.05) is 0 Å². The van der Waals surface area contributed by atoms with Crippen LogP contribution in [0.25, 0.3) is 0 Å². The summed E-state index contributed by atoms with van der Waals surface area (Å²) in [6.45, 7) is 2.40. The molecule has 0 radical (unpaired) electrons. The molecule has 0 aliphatic rings. The van der Waals surface area contributed by atoms with Gasteiger partial charge in [0, 0.05) is 0 Å². The van der Waals surface area contributed by atoms with Gasteiger partial charge in [-0.15, -0.1) is 0 Å². The molecule has 0 spiro atoms. The second kappa shape index (κ2) is 3.76. The van der Waals surface area contributed by atoms with Crippen LogP contribution < -0.4 is 4.74 Å². The van der Waals surface area contributed by atoms with E-state index in [0.717, 1.165) is 0 Å². The van der Waals surface area contributed by atoms with Gasteiger partial charge in [-0.25, -0.2) is 0 Å². The van der Waals surface area contributed by atoms with Gasteiger partial charge in [0.2, 0.25) is 0 Å². The molecule has 12 heavy (non-hydrogen) atoms. The lowest BCUT2D eigenvalue weighted by Crippen LogP contribution is -1.92. The summed E-state index contributed by atoms with van der Waals surface area (Å²) in [7, 11) is 0. The highest BCUT2D eigenvalue weighted by Gasteiger charge is 2.00. The van der Waals surface area contributed by atoms with E-state index in [4.69, 9.17) is 9.84 Å². The van der Waals surface area contributed by atoms with Crippen molar-refractivity contribution in [2.75, 3.05) is 6.61 Å². The predicted octanol–water partition coefficient (Wildman–Crippen LogP) is 1.60. The summed E-state index contributed by atoms with van der Waals surface area (Å²) >= 11 is 0. The van der Waals surface area contributed by atoms with Crippen LogP contribution >= 0.6 is 0 Å². The zero-order valence-electron chi connectivity index (χ0n) is 6.78. The lowest BCUT2D eigenvalue weighted by Gasteiger charge is -2.03. The van der Waals surface area contributed by atoms with Crippen molar-refractivity contribution in [3.8, 4) is 11.5 Å². The lowest BCUT2D eigenvalue weighted by atomic mass is 10.2. The first-order valence-corrected chi connectivity index (χ1v) is 3.69. The van der Waals surface area contributed by atoms with E-state index in [-0.39, 0.29) is 11.3 Å². The minimum Gasteiger partial charge on any atom is -0.507 e. The molecule has 0 bridgehead atoms. The minimum absolute atomic E-state index is 0.0200. The Morgan fingerprint density at radius 1 is 1.58 bits per heavy atom. The van der Waals surface area contributed by atoms with Gasteiger partial charge in [0.1, 0.15) is 11.5 Å². The summed E-state index contributed by atoms with van der Waals surface area (Å²) in [5.41, 5.74) is 0.251. The van der Waals surface area contributed by atoms with Crippen molar-refractivity contribution in [1.29, 1.82) is 0 Å². The number of ether oxygens (including phenoxy) is 1. The number of hydrogen-bond acceptors (Lipinski definition) is 3. The standard InChI is InChI=1S/C9H10O3/c1-2-12-8-3-4-9(11)7(5-8)6-10/h3-6,11H,2H2,1H3. The summed E-state index contributed by atoms with van der Waals surface area (Å²) in [4.78, 5) is 10.4. The molecule has 0 atom stereocenters. The highest BCUT2D eigenvalue weighted by atomic mass is 16.5. The third-order valence-electron chi connectivity index (χ3n) is 1.44. The van der Waals surface area contributed by atoms with Gasteiger partial charge in [0.15, 0.2) is 6.29 Å². The van der Waals surface area contributed by atoms with Crippen molar-refractivity contribution < 1.29 is 14.6 Å². The fourth-order valence-corrected chi connectivity index (χ4v) is 0.883. The molecular formula is C9H10O3. The van der Waals surface area contributed by atoms with Crippen LogP contribution in [0, 0.1) is 0 Å². The largest absolute Gasteiger partial charge is 0.507 e. The molecule has 0 saturated heterocycles. The van der Waals surface area contributed by atoms with Gasteiger partial charge in [0.05, 0.1) is 12.2 Å². The lowest BCUT2D eigenvalue weighted by molar-refractivity contribution is 0.112. The van der Waals surface area contributed by atoms with Crippen molar-refractivity contribution in [3.05, 3.63) is 23.8 Å². The number of phenolic OH excluding ortho intramolecular Hbond substituents is 1. The number of hydrogen-bond donors (Lipinski definition) is 1. The van der Waals surface area contributed by atoms with Crippen molar-refractivity contribution in [2.24, 2.45) is 0 Å². The first kappa shape index (κ1) is 8.59. The van der Waals surface area contributed by atoms with Gasteiger partial charge >= 0.3 is 0 Å². The molecule has 3 nitrogen and oxygen atoms in total. The summed E-state index contributed by atoms with van der Waals surface area (Å²) < 4.78 is 5.13. The van der Waals surface area contributed by atoms with Crippen molar-refractivity contribution >= 4 is 6.29 Å². The van der Waals surface area contributed by atoms with Crippen LogP contribution in [-0.2, 0) is 0 Å². The summed E-state index contributed by atoms with van der Waals surface area (Å²) in [6.07, 6.45) is 0.595. The van der Waals surface area contributed by atoms with Crippen molar-refractivity contribution in [1.82, 2.24) is 0 Å². The van der Waals surface area contributed by atoms with Crippen LogP contribution in [0.1, 0.15) is 17.3 Å². The average molecular weight is 166 g/mol. The summed E-state index contributed by atoms with van der Waals surface area (Å²) in [5.74, 6) is 0.575. The van der Waals surface area contributed by atoms with Gasteiger partial charge in [0.25, 0.3) is 0 Å². The van der Waals surface area contributed by atoms with E-state index in [0.29, 0.717) is 18.6 Å². The number of rotatable bonds is 3. The molecule has 0 saturated carbocycles. The van der Waals surface area contributed by atoms with E-state index in [1.165, 1.54) is 12.1 Å². The molecule has 0 aliphatic carbocycles. The Labute approximate surface area is 70.6 Å². The van der Waals surface area contributed by atoms with Crippen LogP contribution in [0.15, 0.2) is 18.2 Å². The fraction of sp³-hybridized carbons (Fsp3) is 0.222. The van der Waals surface area contributed by atoms with Crippen molar-refractivity contribution in [2.45, 2.75) is 6.92 Å². The molecule has 64 valence electrons. The third kappa shape index (κ3) is 1.75. The first-order chi connectivity index (χ1) is 5.77. The van der Waals surface area contributed by atoms with Gasteiger partial charge in [-0.2, -0.15) is 0 Å². The quantitative estimate of drug-likeness (QED) is 0.694. The average Bonchev–Trinajstić information content (AvgIpc) is 2.09. The van der Waals surface area contributed by atoms with Gasteiger partial charge in [-0.3, -0.25) is 4.79 Å². The Morgan fingerprint density at radius 2 is 2.33 bits per heavy atom. The van der Waals surface area contributed by atoms with Crippen LogP contribution in [-0.4, -0.2) is 18.0 Å². The number of benzene rings is 1. The molecule has 0 aliphatic heterocycles. The minimum atomic E-state index is -0.0200. The molecular weight excluding hydrogens is 156 g/mol. The number of phenols is 1. The number of aromatic hydroxyl groups is 1. The molecule has 0 fully saturated rings. The van der Waals surface area contributed by atoms with Crippen LogP contribution in [0.4, 0.5) is 0 Å². The van der Waals surface area contributed by atoms with Crippen molar-refractivity contribution in [3.63, 3.8) is 0 Å². The molecule has 0 unspecified atom stereocenters. The normalized spacial score (nSPS) is 9.42. The van der Waals surface area contributed by atoms with E-state index >= 15 is 0 Å². The molecule has 1 rings (SSSR count). The Morgan fingerprint density at radius 3 is 2.92 bits per heavy atom. The van der Waals surface area contributed by atoms with E-state index in [1.807, 2.05) is 6.92 Å². The SMILES string of the molecule is CCOc1ccc(O)c(C=O)c1. The zero-order valence-corrected chi connectivity index (χ0v) is 6.78. The van der Waals surface area contributed by atoms with Gasteiger partial charge < -0.3 is 9.84 Å². The fourth-order valence-electron chi connectivity index (χ4n) is 0.883. The number of carbonyl (C=O) groups excluding carboxylic acids is 1. The van der Waals surface area contributed by atoms with E-state index in [1.54, 1.807) is 6.07 Å². The molecule has 1 aromatic carbocycles. The predicted molar refractivity (Wildman–Crippen MR) is 44.7 cm³/mol.